The molecule has 0 aliphatic carbocycles. The van der Waals surface area contributed by atoms with Crippen molar-refractivity contribution in [3.8, 4) is 0 Å². The third-order valence-electron chi connectivity index (χ3n) is 2.66. The van der Waals surface area contributed by atoms with Crippen LogP contribution in [0.15, 0.2) is 29.2 Å². The highest BCUT2D eigenvalue weighted by Gasteiger charge is 2.19. The van der Waals surface area contributed by atoms with E-state index >= 15 is 0 Å². The summed E-state index contributed by atoms with van der Waals surface area (Å²) in [6, 6.07) is 1.82. The van der Waals surface area contributed by atoms with Crippen molar-refractivity contribution >= 4 is 11.6 Å². The van der Waals surface area contributed by atoms with Crippen molar-refractivity contribution in [1.29, 1.82) is 0 Å². The van der Waals surface area contributed by atoms with Gasteiger partial charge in [0.25, 0.3) is 5.91 Å². The molecule has 96 valence electrons. The quantitative estimate of drug-likeness (QED) is 0.886. The summed E-state index contributed by atoms with van der Waals surface area (Å²) in [5.41, 5.74) is 7.41. The largest absolute Gasteiger partial charge is 0.472 e. The molecule has 0 aliphatic rings. The van der Waals surface area contributed by atoms with Crippen LogP contribution >= 0.6 is 0 Å². The molecule has 2 rings (SSSR count). The predicted octanol–water partition coefficient (Wildman–Crippen LogP) is 1.35. The summed E-state index contributed by atoms with van der Waals surface area (Å²) in [4.78, 5) is 13.7. The molecule has 2 aromatic heterocycles. The van der Waals surface area contributed by atoms with Gasteiger partial charge < -0.3 is 15.1 Å². The second-order valence-electron chi connectivity index (χ2n) is 4.08. The van der Waals surface area contributed by atoms with Crippen molar-refractivity contribution in [3.63, 3.8) is 0 Å². The number of aromatic nitrogens is 2. The first kappa shape index (κ1) is 12.2. The lowest BCUT2D eigenvalue weighted by molar-refractivity contribution is 0.0779. The first-order valence-corrected chi connectivity index (χ1v) is 5.71. The Morgan fingerprint density at radius 2 is 2.39 bits per heavy atom. The first-order chi connectivity index (χ1) is 8.61. The number of carbonyl (C=O) groups is 1. The molecular weight excluding hydrogens is 232 g/mol. The summed E-state index contributed by atoms with van der Waals surface area (Å²) < 4.78 is 6.61. The Bertz CT molecular complexity index is 530. The molecule has 0 unspecified atom stereocenters. The molecule has 0 atom stereocenters. The Labute approximate surface area is 105 Å². The Hall–Kier alpha value is -2.24. The van der Waals surface area contributed by atoms with E-state index in [0.29, 0.717) is 24.5 Å². The van der Waals surface area contributed by atoms with Crippen LogP contribution in [0.1, 0.15) is 23.0 Å². The molecule has 0 saturated heterocycles. The number of nitrogens with two attached hydrogens (primary N) is 1. The number of furan rings is 1. The van der Waals surface area contributed by atoms with Gasteiger partial charge in [-0.25, -0.2) is 0 Å². The highest BCUT2D eigenvalue weighted by molar-refractivity contribution is 5.96. The lowest BCUT2D eigenvalue weighted by Gasteiger charge is -2.14. The fraction of sp³-hybridized carbons (Fsp3) is 0.333. The van der Waals surface area contributed by atoms with Gasteiger partial charge in [-0.1, -0.05) is 0 Å². The predicted molar refractivity (Wildman–Crippen MR) is 66.8 cm³/mol. The van der Waals surface area contributed by atoms with Crippen LogP contribution in [0.25, 0.3) is 0 Å². The number of rotatable bonds is 4. The van der Waals surface area contributed by atoms with Crippen LogP contribution < -0.4 is 5.73 Å². The van der Waals surface area contributed by atoms with E-state index in [9.17, 15) is 4.79 Å². The van der Waals surface area contributed by atoms with Crippen molar-refractivity contribution in [2.75, 3.05) is 12.8 Å². The number of hydrogen-bond acceptors (Lipinski definition) is 4. The number of amides is 1. The minimum atomic E-state index is -0.194. The molecule has 0 spiro atoms. The molecule has 18 heavy (non-hydrogen) atoms. The number of carbonyl (C=O) groups excluding carboxylic acids is 1. The van der Waals surface area contributed by atoms with Gasteiger partial charge in [-0.3, -0.25) is 9.48 Å². The average molecular weight is 248 g/mol. The third kappa shape index (κ3) is 2.37. The zero-order chi connectivity index (χ0) is 13.1. The number of nitrogen functional groups attached to an aromatic ring is 1. The van der Waals surface area contributed by atoms with Crippen LogP contribution in [0.2, 0.25) is 0 Å². The summed E-state index contributed by atoms with van der Waals surface area (Å²) in [7, 11) is 1.71. The molecule has 0 fully saturated rings. The number of aryl methyl sites for hydroxylation is 1. The van der Waals surface area contributed by atoms with Crippen molar-refractivity contribution in [1.82, 2.24) is 14.7 Å². The summed E-state index contributed by atoms with van der Waals surface area (Å²) >= 11 is 0. The second-order valence-corrected chi connectivity index (χ2v) is 4.08. The van der Waals surface area contributed by atoms with Gasteiger partial charge in [-0.2, -0.15) is 5.10 Å². The van der Waals surface area contributed by atoms with E-state index in [1.165, 1.54) is 0 Å². The molecular formula is C12H16N4O2. The van der Waals surface area contributed by atoms with Crippen LogP contribution in [-0.2, 0) is 13.1 Å². The molecule has 2 N–H and O–H groups in total. The maximum absolute atomic E-state index is 12.2. The van der Waals surface area contributed by atoms with Crippen molar-refractivity contribution in [2.45, 2.75) is 20.0 Å². The zero-order valence-electron chi connectivity index (χ0n) is 10.5. The Morgan fingerprint density at radius 1 is 1.61 bits per heavy atom. The number of nitrogens with zero attached hydrogens (tertiary/aromatic N) is 3. The van der Waals surface area contributed by atoms with Gasteiger partial charge in [-0.15, -0.1) is 0 Å². The second kappa shape index (κ2) is 4.95. The van der Waals surface area contributed by atoms with Crippen LogP contribution in [0.3, 0.4) is 0 Å². The van der Waals surface area contributed by atoms with Crippen LogP contribution in [0.5, 0.6) is 0 Å². The monoisotopic (exact) mass is 248 g/mol. The maximum Gasteiger partial charge on any atom is 0.276 e. The normalized spacial score (nSPS) is 10.6. The highest BCUT2D eigenvalue weighted by Crippen LogP contribution is 2.13. The molecule has 1 amide bonds. The maximum atomic E-state index is 12.2. The van der Waals surface area contributed by atoms with E-state index in [4.69, 9.17) is 10.2 Å². The molecule has 2 heterocycles. The number of hydrogen-bond donors (Lipinski definition) is 1. The SMILES string of the molecule is CCn1cc(N)c(C(=O)N(C)Cc2ccoc2)n1. The van der Waals surface area contributed by atoms with Gasteiger partial charge in [0.15, 0.2) is 5.69 Å². The lowest BCUT2D eigenvalue weighted by Crippen LogP contribution is -2.27. The molecule has 0 aromatic carbocycles. The van der Waals surface area contributed by atoms with E-state index in [1.807, 2.05) is 13.0 Å². The Kier molecular flexibility index (Phi) is 3.36. The van der Waals surface area contributed by atoms with E-state index in [2.05, 4.69) is 5.10 Å². The van der Waals surface area contributed by atoms with Gasteiger partial charge in [0, 0.05) is 31.9 Å². The molecule has 6 heteroatoms. The van der Waals surface area contributed by atoms with Crippen LogP contribution in [-0.4, -0.2) is 27.6 Å². The topological polar surface area (TPSA) is 77.3 Å². The van der Waals surface area contributed by atoms with E-state index in [-0.39, 0.29) is 5.91 Å². The lowest BCUT2D eigenvalue weighted by atomic mass is 10.3. The van der Waals surface area contributed by atoms with Gasteiger partial charge in [-0.05, 0) is 13.0 Å². The summed E-state index contributed by atoms with van der Waals surface area (Å²) in [5, 5.41) is 4.16. The zero-order valence-corrected chi connectivity index (χ0v) is 10.5. The third-order valence-corrected chi connectivity index (χ3v) is 2.66. The fourth-order valence-corrected chi connectivity index (χ4v) is 1.67. The van der Waals surface area contributed by atoms with Crippen LogP contribution in [0, 0.1) is 0 Å². The Balaban J connectivity index is 2.12. The van der Waals surface area contributed by atoms with Crippen molar-refractivity contribution in [2.24, 2.45) is 0 Å². The molecule has 0 aliphatic heterocycles. The first-order valence-electron chi connectivity index (χ1n) is 5.71. The molecule has 0 saturated carbocycles. The minimum Gasteiger partial charge on any atom is -0.472 e. The molecule has 0 radical (unpaired) electrons. The van der Waals surface area contributed by atoms with E-state index in [1.54, 1.807) is 35.4 Å². The average Bonchev–Trinajstić information content (AvgIpc) is 2.97. The van der Waals surface area contributed by atoms with Crippen molar-refractivity contribution in [3.05, 3.63) is 36.0 Å². The smallest absolute Gasteiger partial charge is 0.276 e. The Morgan fingerprint density at radius 3 is 2.94 bits per heavy atom. The van der Waals surface area contributed by atoms with E-state index < -0.39 is 0 Å². The van der Waals surface area contributed by atoms with E-state index in [0.717, 1.165) is 5.56 Å². The minimum absolute atomic E-state index is 0.194. The fourth-order valence-electron chi connectivity index (χ4n) is 1.67. The van der Waals surface area contributed by atoms with Gasteiger partial charge in [0.2, 0.25) is 0 Å². The highest BCUT2D eigenvalue weighted by atomic mass is 16.3. The summed E-state index contributed by atoms with van der Waals surface area (Å²) in [6.45, 7) is 3.09. The molecule has 6 nitrogen and oxygen atoms in total. The number of anilines is 1. The standard InChI is InChI=1S/C12H16N4O2/c1-3-16-7-10(13)11(14-16)12(17)15(2)6-9-4-5-18-8-9/h4-5,7-8H,3,6,13H2,1-2H3. The van der Waals surface area contributed by atoms with Gasteiger partial charge >= 0.3 is 0 Å². The summed E-state index contributed by atoms with van der Waals surface area (Å²) in [5.74, 6) is -0.194. The van der Waals surface area contributed by atoms with Gasteiger partial charge in [0.1, 0.15) is 0 Å². The van der Waals surface area contributed by atoms with Crippen molar-refractivity contribution < 1.29 is 9.21 Å². The van der Waals surface area contributed by atoms with Gasteiger partial charge in [0.05, 0.1) is 18.2 Å². The molecule has 2 aromatic rings. The molecule has 0 bridgehead atoms. The summed E-state index contributed by atoms with van der Waals surface area (Å²) in [6.07, 6.45) is 4.85. The van der Waals surface area contributed by atoms with Crippen LogP contribution in [0.4, 0.5) is 5.69 Å².